The van der Waals surface area contributed by atoms with E-state index in [0.29, 0.717) is 36.4 Å². The average molecular weight is 423 g/mol. The maximum absolute atomic E-state index is 13.1. The zero-order valence-electron chi connectivity index (χ0n) is 18.5. The number of nitrogens with two attached hydrogens (primary N) is 1. The highest BCUT2D eigenvalue weighted by molar-refractivity contribution is 5.95. The number of nitrogens with zero attached hydrogens (tertiary/aromatic N) is 3. The van der Waals surface area contributed by atoms with Crippen LogP contribution in [0.4, 0.5) is 0 Å². The Morgan fingerprint density at radius 2 is 1.90 bits per heavy atom. The highest BCUT2D eigenvalue weighted by Crippen LogP contribution is 2.38. The number of benzene rings is 1. The molecule has 1 aliphatic carbocycles. The van der Waals surface area contributed by atoms with Gasteiger partial charge in [0.25, 0.3) is 5.91 Å². The fourth-order valence-electron chi connectivity index (χ4n) is 5.13. The van der Waals surface area contributed by atoms with E-state index in [0.717, 1.165) is 31.4 Å². The lowest BCUT2D eigenvalue weighted by atomic mass is 9.76. The summed E-state index contributed by atoms with van der Waals surface area (Å²) in [6.07, 6.45) is 10.1. The van der Waals surface area contributed by atoms with Crippen molar-refractivity contribution in [2.45, 2.75) is 63.3 Å². The lowest BCUT2D eigenvalue weighted by Crippen LogP contribution is -2.43. The second kappa shape index (κ2) is 10.2. The number of carbonyl (C=O) groups excluding carboxylic acids is 1. The molecule has 2 fully saturated rings. The van der Waals surface area contributed by atoms with Crippen molar-refractivity contribution in [2.75, 3.05) is 20.2 Å². The molecule has 2 atom stereocenters. The molecule has 1 aromatic carbocycles. The summed E-state index contributed by atoms with van der Waals surface area (Å²) in [5, 5.41) is 0. The number of rotatable bonds is 6. The molecule has 4 rings (SSSR count). The van der Waals surface area contributed by atoms with Crippen LogP contribution in [0.25, 0.3) is 0 Å². The molecule has 0 radical (unpaired) electrons. The molecule has 6 heteroatoms. The quantitative estimate of drug-likeness (QED) is 0.762. The zero-order chi connectivity index (χ0) is 21.6. The van der Waals surface area contributed by atoms with Crippen molar-refractivity contribution in [1.29, 1.82) is 0 Å². The van der Waals surface area contributed by atoms with Crippen LogP contribution >= 0.6 is 0 Å². The summed E-state index contributed by atoms with van der Waals surface area (Å²) in [5.41, 5.74) is 8.67. The Labute approximate surface area is 185 Å². The molecule has 2 heterocycles. The van der Waals surface area contributed by atoms with Crippen LogP contribution in [0.5, 0.6) is 5.75 Å². The van der Waals surface area contributed by atoms with Gasteiger partial charge >= 0.3 is 0 Å². The fourth-order valence-corrected chi connectivity index (χ4v) is 5.13. The van der Waals surface area contributed by atoms with Crippen molar-refractivity contribution in [3.63, 3.8) is 0 Å². The molecular formula is C25H34N4O2. The van der Waals surface area contributed by atoms with Crippen LogP contribution in [-0.4, -0.2) is 47.0 Å². The molecule has 166 valence electrons. The summed E-state index contributed by atoms with van der Waals surface area (Å²) < 4.78 is 5.64. The van der Waals surface area contributed by atoms with E-state index in [1.54, 1.807) is 7.11 Å². The summed E-state index contributed by atoms with van der Waals surface area (Å²) in [4.78, 5) is 23.7. The maximum atomic E-state index is 13.1. The highest BCUT2D eigenvalue weighted by Gasteiger charge is 2.28. The lowest BCUT2D eigenvalue weighted by molar-refractivity contribution is 0.0704. The molecule has 1 saturated carbocycles. The van der Waals surface area contributed by atoms with Crippen LogP contribution < -0.4 is 10.5 Å². The molecule has 1 aromatic heterocycles. The lowest BCUT2D eigenvalue weighted by Gasteiger charge is -2.30. The predicted molar refractivity (Wildman–Crippen MR) is 121 cm³/mol. The second-order valence-electron chi connectivity index (χ2n) is 9.01. The third kappa shape index (κ3) is 5.24. The number of methoxy groups -OCH3 is 1. The smallest absolute Gasteiger partial charge is 0.276 e. The number of hydrogen-bond acceptors (Lipinski definition) is 5. The van der Waals surface area contributed by atoms with E-state index in [-0.39, 0.29) is 11.9 Å². The van der Waals surface area contributed by atoms with Crippen molar-refractivity contribution in [1.82, 2.24) is 14.9 Å². The summed E-state index contributed by atoms with van der Waals surface area (Å²) in [5.74, 6) is 1.78. The van der Waals surface area contributed by atoms with Crippen LogP contribution in [-0.2, 0) is 6.42 Å². The van der Waals surface area contributed by atoms with Gasteiger partial charge in [0.2, 0.25) is 0 Å². The summed E-state index contributed by atoms with van der Waals surface area (Å²) >= 11 is 0. The topological polar surface area (TPSA) is 81.3 Å². The first-order valence-electron chi connectivity index (χ1n) is 11.6. The van der Waals surface area contributed by atoms with Gasteiger partial charge in [-0.25, -0.2) is 9.97 Å². The predicted octanol–water partition coefficient (Wildman–Crippen LogP) is 3.96. The van der Waals surface area contributed by atoms with Crippen LogP contribution in [0.15, 0.2) is 36.7 Å². The third-order valence-corrected chi connectivity index (χ3v) is 6.95. The van der Waals surface area contributed by atoms with Gasteiger partial charge in [0.05, 0.1) is 12.8 Å². The fraction of sp³-hybridized carbons (Fsp3) is 0.560. The Morgan fingerprint density at radius 1 is 1.13 bits per heavy atom. The third-order valence-electron chi connectivity index (χ3n) is 6.95. The molecule has 1 amide bonds. The largest absolute Gasteiger partial charge is 0.492 e. The number of piperidine rings is 1. The second-order valence-corrected chi connectivity index (χ2v) is 9.01. The van der Waals surface area contributed by atoms with Gasteiger partial charge in [-0.15, -0.1) is 0 Å². The monoisotopic (exact) mass is 422 g/mol. The standard InChI is InChI=1S/C25H34N4O2/c1-31-24-22(27-17-28-23(24)25(30)29-14-12-21(26)13-15-29)11-10-18-6-5-9-20(16-18)19-7-3-2-4-8-19/h2-4,7-8,17-18,20-21H,5-6,9-16,26H2,1H3/t18-,20-/m1/s1. The Hall–Kier alpha value is -2.47. The number of likely N-dealkylation sites (tertiary alicyclic amines) is 1. The molecule has 1 saturated heterocycles. The Balaban J connectivity index is 1.41. The van der Waals surface area contributed by atoms with Crippen molar-refractivity contribution in [3.8, 4) is 5.75 Å². The Bertz CT molecular complexity index is 865. The van der Waals surface area contributed by atoms with E-state index in [1.807, 2.05) is 4.90 Å². The van der Waals surface area contributed by atoms with Crippen molar-refractivity contribution >= 4 is 5.91 Å². The van der Waals surface area contributed by atoms with Crippen LogP contribution in [0.1, 0.15) is 72.6 Å². The minimum absolute atomic E-state index is 0.0748. The molecule has 0 unspecified atom stereocenters. The van der Waals surface area contributed by atoms with Crippen LogP contribution in [0.3, 0.4) is 0 Å². The minimum Gasteiger partial charge on any atom is -0.492 e. The van der Waals surface area contributed by atoms with E-state index in [1.165, 1.54) is 37.6 Å². The summed E-state index contributed by atoms with van der Waals surface area (Å²) in [7, 11) is 1.61. The number of aryl methyl sites for hydroxylation is 1. The molecule has 2 N–H and O–H groups in total. The van der Waals surface area contributed by atoms with E-state index in [4.69, 9.17) is 10.5 Å². The minimum atomic E-state index is -0.0748. The van der Waals surface area contributed by atoms with E-state index in [9.17, 15) is 4.79 Å². The molecule has 6 nitrogen and oxygen atoms in total. The number of amides is 1. The van der Waals surface area contributed by atoms with Gasteiger partial charge in [-0.2, -0.15) is 0 Å². The van der Waals surface area contributed by atoms with Crippen LogP contribution in [0.2, 0.25) is 0 Å². The first-order chi connectivity index (χ1) is 15.2. The first-order valence-corrected chi connectivity index (χ1v) is 11.6. The number of carbonyl (C=O) groups is 1. The summed E-state index contributed by atoms with van der Waals surface area (Å²) in [6.45, 7) is 1.34. The Morgan fingerprint density at radius 3 is 2.65 bits per heavy atom. The highest BCUT2D eigenvalue weighted by atomic mass is 16.5. The van der Waals surface area contributed by atoms with Crippen molar-refractivity contribution < 1.29 is 9.53 Å². The normalized spacial score (nSPS) is 22.3. The maximum Gasteiger partial charge on any atom is 0.276 e. The van der Waals surface area contributed by atoms with Gasteiger partial charge in [-0.1, -0.05) is 43.2 Å². The van der Waals surface area contributed by atoms with Crippen molar-refractivity contribution in [3.05, 3.63) is 53.6 Å². The Kier molecular flexibility index (Phi) is 7.17. The number of aromatic nitrogens is 2. The van der Waals surface area contributed by atoms with E-state index >= 15 is 0 Å². The van der Waals surface area contributed by atoms with Crippen molar-refractivity contribution in [2.24, 2.45) is 11.7 Å². The van der Waals surface area contributed by atoms with Gasteiger partial charge in [0.1, 0.15) is 6.33 Å². The number of hydrogen-bond donors (Lipinski definition) is 1. The zero-order valence-corrected chi connectivity index (χ0v) is 18.5. The first kappa shape index (κ1) is 21.8. The number of ether oxygens (including phenoxy) is 1. The van der Waals surface area contributed by atoms with Gasteiger partial charge in [-0.3, -0.25) is 4.79 Å². The molecule has 31 heavy (non-hydrogen) atoms. The SMILES string of the molecule is COc1c(CC[C@H]2CCC[C@@H](c3ccccc3)C2)ncnc1C(=O)N1CCC(N)CC1. The average Bonchev–Trinajstić information content (AvgIpc) is 2.83. The molecular weight excluding hydrogens is 388 g/mol. The summed E-state index contributed by atoms with van der Waals surface area (Å²) in [6, 6.07) is 11.1. The molecule has 1 aliphatic heterocycles. The van der Waals surface area contributed by atoms with Gasteiger partial charge < -0.3 is 15.4 Å². The van der Waals surface area contributed by atoms with E-state index in [2.05, 4.69) is 40.3 Å². The van der Waals surface area contributed by atoms with E-state index < -0.39 is 0 Å². The molecule has 2 aromatic rings. The van der Waals surface area contributed by atoms with Crippen LogP contribution in [0, 0.1) is 5.92 Å². The van der Waals surface area contributed by atoms with Gasteiger partial charge in [-0.05, 0) is 55.9 Å². The van der Waals surface area contributed by atoms with Gasteiger partial charge in [0, 0.05) is 19.1 Å². The van der Waals surface area contributed by atoms with Gasteiger partial charge in [0.15, 0.2) is 11.4 Å². The molecule has 0 bridgehead atoms. The molecule has 0 spiro atoms. The molecule has 2 aliphatic rings.